The molecule has 1 rings (SSSR count). The Balaban J connectivity index is 2.58. The lowest BCUT2D eigenvalue weighted by atomic mass is 10.3. The number of rotatable bonds is 0. The second-order valence-corrected chi connectivity index (χ2v) is 2.45. The van der Waals surface area contributed by atoms with E-state index in [1.807, 2.05) is 19.3 Å². The first-order chi connectivity index (χ1) is 4.29. The fourth-order valence-corrected chi connectivity index (χ4v) is 0.718. The molecule has 1 aliphatic rings. The molecule has 1 aliphatic heterocycles. The SMILES string of the molecule is CC1=CNC(C)CN=C1. The molecule has 1 atom stereocenters. The van der Waals surface area contributed by atoms with Crippen LogP contribution in [0.25, 0.3) is 0 Å². The summed E-state index contributed by atoms with van der Waals surface area (Å²) < 4.78 is 0. The van der Waals surface area contributed by atoms with Gasteiger partial charge in [0.25, 0.3) is 0 Å². The van der Waals surface area contributed by atoms with Gasteiger partial charge in [-0.2, -0.15) is 0 Å². The largest absolute Gasteiger partial charge is 0.386 e. The van der Waals surface area contributed by atoms with Crippen LogP contribution in [0.15, 0.2) is 16.8 Å². The van der Waals surface area contributed by atoms with Crippen LogP contribution in [0.5, 0.6) is 0 Å². The average molecular weight is 124 g/mol. The number of nitrogens with zero attached hydrogens (tertiary/aromatic N) is 1. The van der Waals surface area contributed by atoms with E-state index in [1.165, 1.54) is 5.57 Å². The molecule has 0 spiro atoms. The maximum absolute atomic E-state index is 4.18. The van der Waals surface area contributed by atoms with Gasteiger partial charge in [0.05, 0.1) is 6.54 Å². The van der Waals surface area contributed by atoms with Crippen LogP contribution in [0.1, 0.15) is 13.8 Å². The van der Waals surface area contributed by atoms with Crippen molar-refractivity contribution in [2.45, 2.75) is 19.9 Å². The summed E-state index contributed by atoms with van der Waals surface area (Å²) in [7, 11) is 0. The third-order valence-corrected chi connectivity index (χ3v) is 1.27. The normalized spacial score (nSPS) is 26.4. The van der Waals surface area contributed by atoms with Gasteiger partial charge in [0.2, 0.25) is 0 Å². The van der Waals surface area contributed by atoms with Gasteiger partial charge in [-0.25, -0.2) is 0 Å². The Morgan fingerprint density at radius 2 is 2.56 bits per heavy atom. The van der Waals surface area contributed by atoms with Crippen LogP contribution < -0.4 is 5.32 Å². The first kappa shape index (κ1) is 6.33. The van der Waals surface area contributed by atoms with Crippen molar-refractivity contribution < 1.29 is 0 Å². The molecule has 0 saturated heterocycles. The molecule has 0 aromatic heterocycles. The third kappa shape index (κ3) is 1.88. The van der Waals surface area contributed by atoms with Gasteiger partial charge in [0.15, 0.2) is 0 Å². The summed E-state index contributed by atoms with van der Waals surface area (Å²) in [4.78, 5) is 4.18. The summed E-state index contributed by atoms with van der Waals surface area (Å²) in [6.07, 6.45) is 3.90. The number of hydrogen-bond donors (Lipinski definition) is 1. The zero-order valence-electron chi connectivity index (χ0n) is 5.89. The number of hydrogen-bond acceptors (Lipinski definition) is 2. The smallest absolute Gasteiger partial charge is 0.0588 e. The van der Waals surface area contributed by atoms with E-state index in [-0.39, 0.29) is 0 Å². The van der Waals surface area contributed by atoms with E-state index in [1.54, 1.807) is 0 Å². The molecule has 9 heavy (non-hydrogen) atoms. The predicted octanol–water partition coefficient (Wildman–Crippen LogP) is 0.953. The molecule has 0 radical (unpaired) electrons. The molecule has 0 saturated carbocycles. The first-order valence-corrected chi connectivity index (χ1v) is 3.21. The molecule has 1 N–H and O–H groups in total. The minimum Gasteiger partial charge on any atom is -0.386 e. The minimum atomic E-state index is 0.485. The average Bonchev–Trinajstić information content (AvgIpc) is 1.97. The summed E-state index contributed by atoms with van der Waals surface area (Å²) >= 11 is 0. The summed E-state index contributed by atoms with van der Waals surface area (Å²) in [6.45, 7) is 5.04. The molecule has 1 heterocycles. The Bertz CT molecular complexity index is 147. The highest BCUT2D eigenvalue weighted by Crippen LogP contribution is 1.93. The second kappa shape index (κ2) is 2.67. The Labute approximate surface area is 55.7 Å². The highest BCUT2D eigenvalue weighted by Gasteiger charge is 1.98. The molecule has 0 aliphatic carbocycles. The van der Waals surface area contributed by atoms with Crippen molar-refractivity contribution in [3.63, 3.8) is 0 Å². The number of allylic oxidation sites excluding steroid dienone is 1. The molecule has 0 amide bonds. The lowest BCUT2D eigenvalue weighted by Gasteiger charge is -2.04. The van der Waals surface area contributed by atoms with E-state index in [4.69, 9.17) is 0 Å². The predicted molar refractivity (Wildman–Crippen MR) is 39.7 cm³/mol. The van der Waals surface area contributed by atoms with Crippen molar-refractivity contribution in [1.29, 1.82) is 0 Å². The van der Waals surface area contributed by atoms with Crippen molar-refractivity contribution in [1.82, 2.24) is 5.32 Å². The molecule has 0 aromatic carbocycles. The van der Waals surface area contributed by atoms with Crippen molar-refractivity contribution in [2.75, 3.05) is 6.54 Å². The number of aliphatic imine (C=N–C) groups is 1. The Morgan fingerprint density at radius 1 is 1.78 bits per heavy atom. The van der Waals surface area contributed by atoms with Crippen molar-refractivity contribution in [2.24, 2.45) is 4.99 Å². The minimum absolute atomic E-state index is 0.485. The van der Waals surface area contributed by atoms with Crippen LogP contribution >= 0.6 is 0 Å². The third-order valence-electron chi connectivity index (χ3n) is 1.27. The Kier molecular flexibility index (Phi) is 1.88. The molecule has 2 heteroatoms. The van der Waals surface area contributed by atoms with E-state index in [2.05, 4.69) is 17.2 Å². The fraction of sp³-hybridized carbons (Fsp3) is 0.571. The van der Waals surface area contributed by atoms with Gasteiger partial charge < -0.3 is 5.32 Å². The molecule has 2 nitrogen and oxygen atoms in total. The van der Waals surface area contributed by atoms with Crippen LogP contribution in [0.2, 0.25) is 0 Å². The Morgan fingerprint density at radius 3 is 3.33 bits per heavy atom. The van der Waals surface area contributed by atoms with Gasteiger partial charge in [0.1, 0.15) is 0 Å². The van der Waals surface area contributed by atoms with E-state index in [9.17, 15) is 0 Å². The molecular formula is C7H12N2. The summed E-state index contributed by atoms with van der Waals surface area (Å²) in [5.41, 5.74) is 1.19. The van der Waals surface area contributed by atoms with Gasteiger partial charge in [-0.3, -0.25) is 4.99 Å². The quantitative estimate of drug-likeness (QED) is 0.511. The lowest BCUT2D eigenvalue weighted by molar-refractivity contribution is 0.655. The van der Waals surface area contributed by atoms with Crippen molar-refractivity contribution >= 4 is 6.21 Å². The highest BCUT2D eigenvalue weighted by molar-refractivity contribution is 5.77. The van der Waals surface area contributed by atoms with Crippen molar-refractivity contribution in [3.05, 3.63) is 11.8 Å². The van der Waals surface area contributed by atoms with E-state index < -0.39 is 0 Å². The molecule has 0 aromatic rings. The van der Waals surface area contributed by atoms with E-state index in [0.717, 1.165) is 6.54 Å². The maximum atomic E-state index is 4.18. The zero-order chi connectivity index (χ0) is 6.69. The van der Waals surface area contributed by atoms with Crippen LogP contribution in [-0.4, -0.2) is 18.8 Å². The van der Waals surface area contributed by atoms with Gasteiger partial charge >= 0.3 is 0 Å². The summed E-state index contributed by atoms with van der Waals surface area (Å²) in [5, 5.41) is 3.21. The molecular weight excluding hydrogens is 112 g/mol. The van der Waals surface area contributed by atoms with Crippen molar-refractivity contribution in [3.8, 4) is 0 Å². The van der Waals surface area contributed by atoms with Crippen LogP contribution in [0, 0.1) is 0 Å². The van der Waals surface area contributed by atoms with Gasteiger partial charge in [-0.05, 0) is 19.4 Å². The molecule has 0 bridgehead atoms. The van der Waals surface area contributed by atoms with Gasteiger partial charge in [-0.1, -0.05) is 0 Å². The monoisotopic (exact) mass is 124 g/mol. The molecule has 0 fully saturated rings. The Hall–Kier alpha value is -0.790. The fourth-order valence-electron chi connectivity index (χ4n) is 0.718. The molecule has 50 valence electrons. The first-order valence-electron chi connectivity index (χ1n) is 3.21. The van der Waals surface area contributed by atoms with Crippen LogP contribution in [-0.2, 0) is 0 Å². The van der Waals surface area contributed by atoms with Crippen LogP contribution in [0.4, 0.5) is 0 Å². The summed E-state index contributed by atoms with van der Waals surface area (Å²) in [5.74, 6) is 0. The lowest BCUT2D eigenvalue weighted by Crippen LogP contribution is -2.22. The van der Waals surface area contributed by atoms with E-state index >= 15 is 0 Å². The number of nitrogens with one attached hydrogen (secondary N) is 1. The standard InChI is InChI=1S/C7H12N2/c1-6-3-8-5-7(2)9-4-6/h3-4,7,9H,5H2,1-2H3. The maximum Gasteiger partial charge on any atom is 0.0588 e. The zero-order valence-corrected chi connectivity index (χ0v) is 5.89. The molecule has 1 unspecified atom stereocenters. The van der Waals surface area contributed by atoms with Gasteiger partial charge in [-0.15, -0.1) is 0 Å². The van der Waals surface area contributed by atoms with E-state index in [0.29, 0.717) is 6.04 Å². The summed E-state index contributed by atoms with van der Waals surface area (Å²) in [6, 6.07) is 0.485. The van der Waals surface area contributed by atoms with Gasteiger partial charge in [0, 0.05) is 18.5 Å². The topological polar surface area (TPSA) is 24.4 Å². The second-order valence-electron chi connectivity index (χ2n) is 2.45. The van der Waals surface area contributed by atoms with Crippen LogP contribution in [0.3, 0.4) is 0 Å². The highest BCUT2D eigenvalue weighted by atomic mass is 14.9.